The fraction of sp³-hybridized carbons (Fsp3) is 0.812. The van der Waals surface area contributed by atoms with Crippen LogP contribution in [0.25, 0.3) is 0 Å². The molecule has 4 heteroatoms. The van der Waals surface area contributed by atoms with Crippen LogP contribution in [0.2, 0.25) is 0 Å². The van der Waals surface area contributed by atoms with Crippen molar-refractivity contribution < 1.29 is 19.1 Å². The van der Waals surface area contributed by atoms with Crippen molar-refractivity contribution in [1.29, 1.82) is 0 Å². The van der Waals surface area contributed by atoms with Gasteiger partial charge in [-0.15, -0.1) is 0 Å². The van der Waals surface area contributed by atoms with Gasteiger partial charge in [0, 0.05) is 19.8 Å². The van der Waals surface area contributed by atoms with E-state index in [4.69, 9.17) is 9.47 Å². The van der Waals surface area contributed by atoms with E-state index >= 15 is 0 Å². The van der Waals surface area contributed by atoms with Crippen molar-refractivity contribution in [3.63, 3.8) is 0 Å². The maximum atomic E-state index is 12.2. The van der Waals surface area contributed by atoms with Crippen molar-refractivity contribution in [3.8, 4) is 0 Å². The van der Waals surface area contributed by atoms with Crippen LogP contribution in [0.3, 0.4) is 0 Å². The third-order valence-corrected chi connectivity index (χ3v) is 11.1. The highest BCUT2D eigenvalue weighted by atomic mass is 16.5. The second-order valence-corrected chi connectivity index (χ2v) is 13.5. The van der Waals surface area contributed by atoms with Gasteiger partial charge in [-0.05, 0) is 98.7 Å². The molecule has 4 rings (SSSR count). The first-order valence-corrected chi connectivity index (χ1v) is 14.6. The van der Waals surface area contributed by atoms with Gasteiger partial charge in [-0.2, -0.15) is 0 Å². The van der Waals surface area contributed by atoms with E-state index in [0.29, 0.717) is 29.6 Å². The van der Waals surface area contributed by atoms with Gasteiger partial charge in [0.1, 0.15) is 12.2 Å². The predicted octanol–water partition coefficient (Wildman–Crippen LogP) is 7.67. The first kappa shape index (κ1) is 27.5. The fourth-order valence-electron chi connectivity index (χ4n) is 8.73. The van der Waals surface area contributed by atoms with Gasteiger partial charge in [-0.3, -0.25) is 9.59 Å². The van der Waals surface area contributed by atoms with E-state index in [2.05, 4.69) is 53.7 Å². The van der Waals surface area contributed by atoms with Crippen molar-refractivity contribution in [2.24, 2.45) is 46.3 Å². The summed E-state index contributed by atoms with van der Waals surface area (Å²) in [6.45, 7) is 17.4. The SMILES string of the molecule is CC(=O)O[C@H]1CC[C@]2(C)C3=CC[C@]4(C)[C@@H](/C(C)=C/C[C@H](C)C(C)C)CC[C@H]4[C@@H]3C[C@H](OC(C)=O)[C@H]2C1. The highest BCUT2D eigenvalue weighted by Crippen LogP contribution is 2.66. The summed E-state index contributed by atoms with van der Waals surface area (Å²) in [6.07, 6.45) is 13.4. The Morgan fingerprint density at radius 1 is 1.00 bits per heavy atom. The van der Waals surface area contributed by atoms with Gasteiger partial charge in [0.15, 0.2) is 0 Å². The summed E-state index contributed by atoms with van der Waals surface area (Å²) in [4.78, 5) is 23.9. The predicted molar refractivity (Wildman–Crippen MR) is 144 cm³/mol. The van der Waals surface area contributed by atoms with Crippen LogP contribution in [-0.4, -0.2) is 24.1 Å². The molecule has 0 bridgehead atoms. The Hall–Kier alpha value is -1.58. The Kier molecular flexibility index (Phi) is 7.85. The molecule has 4 aliphatic rings. The third-order valence-electron chi connectivity index (χ3n) is 11.1. The molecule has 4 aliphatic carbocycles. The van der Waals surface area contributed by atoms with Gasteiger partial charge in [0.2, 0.25) is 0 Å². The Bertz CT molecular complexity index is 915. The van der Waals surface area contributed by atoms with E-state index in [-0.39, 0.29) is 40.9 Å². The summed E-state index contributed by atoms with van der Waals surface area (Å²) < 4.78 is 11.7. The molecular weight excluding hydrogens is 448 g/mol. The molecular formula is C32H50O4. The molecule has 0 spiro atoms. The number of hydrogen-bond donors (Lipinski definition) is 0. The molecule has 0 amide bonds. The van der Waals surface area contributed by atoms with Crippen LogP contribution in [0, 0.1) is 46.3 Å². The first-order valence-electron chi connectivity index (χ1n) is 14.6. The molecule has 0 saturated heterocycles. The number of esters is 2. The number of allylic oxidation sites excluding steroid dienone is 4. The van der Waals surface area contributed by atoms with Crippen molar-refractivity contribution >= 4 is 11.9 Å². The maximum Gasteiger partial charge on any atom is 0.302 e. The molecule has 0 heterocycles. The normalized spacial score (nSPS) is 41.0. The van der Waals surface area contributed by atoms with E-state index in [9.17, 15) is 9.59 Å². The Balaban J connectivity index is 1.62. The molecule has 0 aliphatic heterocycles. The van der Waals surface area contributed by atoms with Crippen LogP contribution >= 0.6 is 0 Å². The molecule has 0 aromatic heterocycles. The maximum absolute atomic E-state index is 12.2. The van der Waals surface area contributed by atoms with Crippen LogP contribution in [0.5, 0.6) is 0 Å². The van der Waals surface area contributed by atoms with E-state index < -0.39 is 0 Å². The summed E-state index contributed by atoms with van der Waals surface area (Å²) in [7, 11) is 0. The Morgan fingerprint density at radius 3 is 2.33 bits per heavy atom. The summed E-state index contributed by atoms with van der Waals surface area (Å²) in [5.41, 5.74) is 3.49. The lowest BCUT2D eigenvalue weighted by Crippen LogP contribution is -2.54. The van der Waals surface area contributed by atoms with Gasteiger partial charge >= 0.3 is 11.9 Å². The van der Waals surface area contributed by atoms with Crippen LogP contribution < -0.4 is 0 Å². The van der Waals surface area contributed by atoms with Gasteiger partial charge in [-0.25, -0.2) is 0 Å². The first-order chi connectivity index (χ1) is 16.9. The quantitative estimate of drug-likeness (QED) is 0.278. The molecule has 4 nitrogen and oxygen atoms in total. The number of rotatable bonds is 6. The van der Waals surface area contributed by atoms with Crippen molar-refractivity contribution in [2.75, 3.05) is 0 Å². The number of carbonyl (C=O) groups is 2. The smallest absolute Gasteiger partial charge is 0.302 e. The summed E-state index contributed by atoms with van der Waals surface area (Å²) in [6, 6.07) is 0. The van der Waals surface area contributed by atoms with Crippen molar-refractivity contribution in [2.45, 2.75) is 119 Å². The second kappa shape index (κ2) is 10.3. The molecule has 36 heavy (non-hydrogen) atoms. The van der Waals surface area contributed by atoms with E-state index in [1.165, 1.54) is 33.1 Å². The number of fused-ring (bicyclic) bond motifs is 5. The van der Waals surface area contributed by atoms with Crippen LogP contribution in [0.15, 0.2) is 23.3 Å². The Labute approximate surface area is 219 Å². The minimum Gasteiger partial charge on any atom is -0.463 e. The lowest BCUT2D eigenvalue weighted by molar-refractivity contribution is -0.168. The molecule has 0 aromatic rings. The highest BCUT2D eigenvalue weighted by Gasteiger charge is 2.60. The lowest BCUT2D eigenvalue weighted by Gasteiger charge is -2.58. The number of ether oxygens (including phenoxy) is 2. The third kappa shape index (κ3) is 4.95. The molecule has 0 aromatic carbocycles. The van der Waals surface area contributed by atoms with E-state index in [0.717, 1.165) is 32.1 Å². The zero-order chi connectivity index (χ0) is 26.4. The molecule has 202 valence electrons. The second-order valence-electron chi connectivity index (χ2n) is 13.5. The van der Waals surface area contributed by atoms with Crippen molar-refractivity contribution in [1.82, 2.24) is 0 Å². The summed E-state index contributed by atoms with van der Waals surface area (Å²) in [5.74, 6) is 2.99. The van der Waals surface area contributed by atoms with Gasteiger partial charge in [0.25, 0.3) is 0 Å². The average Bonchev–Trinajstić information content (AvgIpc) is 3.14. The standard InChI is InChI=1S/C32H50O4/c1-19(2)20(3)9-10-21(4)26-11-12-27-25-18-30(36-23(6)34)29-17-24(35-22(5)33)13-15-32(29,8)28(25)14-16-31(26,27)7/h10,14,19-20,24-27,29-30H,9,11-13,15-18H2,1-8H3/b21-10+/t20-,24-,25-,26+,27-,29+,30-,31+,32+/m0/s1. The minimum atomic E-state index is -0.211. The van der Waals surface area contributed by atoms with Crippen LogP contribution in [0.1, 0.15) is 107 Å². The van der Waals surface area contributed by atoms with Gasteiger partial charge in [0.05, 0.1) is 0 Å². The minimum absolute atomic E-state index is 0.0106. The highest BCUT2D eigenvalue weighted by molar-refractivity contribution is 5.66. The monoisotopic (exact) mass is 498 g/mol. The van der Waals surface area contributed by atoms with Crippen molar-refractivity contribution in [3.05, 3.63) is 23.3 Å². The molecule has 0 radical (unpaired) electrons. The zero-order valence-electron chi connectivity index (χ0n) is 24.1. The van der Waals surface area contributed by atoms with Gasteiger partial charge < -0.3 is 9.47 Å². The Morgan fingerprint density at radius 2 is 1.69 bits per heavy atom. The van der Waals surface area contributed by atoms with Gasteiger partial charge in [-0.1, -0.05) is 57.9 Å². The molecule has 3 fully saturated rings. The van der Waals surface area contributed by atoms with Crippen LogP contribution in [-0.2, 0) is 19.1 Å². The average molecular weight is 499 g/mol. The van der Waals surface area contributed by atoms with E-state index in [1.54, 1.807) is 11.1 Å². The topological polar surface area (TPSA) is 52.6 Å². The number of carbonyl (C=O) groups excluding carboxylic acids is 2. The number of hydrogen-bond acceptors (Lipinski definition) is 4. The lowest BCUT2D eigenvalue weighted by atomic mass is 9.47. The fourth-order valence-corrected chi connectivity index (χ4v) is 8.73. The van der Waals surface area contributed by atoms with Crippen LogP contribution in [0.4, 0.5) is 0 Å². The molecule has 0 unspecified atom stereocenters. The van der Waals surface area contributed by atoms with E-state index in [1.807, 2.05) is 0 Å². The molecule has 3 saturated carbocycles. The molecule has 9 atom stereocenters. The largest absolute Gasteiger partial charge is 0.463 e. The molecule has 0 N–H and O–H groups in total. The zero-order valence-corrected chi connectivity index (χ0v) is 24.1. The summed E-state index contributed by atoms with van der Waals surface area (Å²) >= 11 is 0. The summed E-state index contributed by atoms with van der Waals surface area (Å²) in [5, 5.41) is 0.